The van der Waals surface area contributed by atoms with Crippen LogP contribution in [0, 0.1) is 12.8 Å². The quantitative estimate of drug-likeness (QED) is 0.810. The predicted molar refractivity (Wildman–Crippen MR) is 82.6 cm³/mol. The molecule has 0 bridgehead atoms. The number of nitrogens with zero attached hydrogens (tertiary/aromatic N) is 3. The summed E-state index contributed by atoms with van der Waals surface area (Å²) in [5.74, 6) is 1.58. The summed E-state index contributed by atoms with van der Waals surface area (Å²) >= 11 is 3.46. The van der Waals surface area contributed by atoms with Crippen molar-refractivity contribution in [2.45, 2.75) is 13.3 Å². The Hall–Kier alpha value is -1.62. The molecule has 3 rings (SSSR count). The Bertz CT molecular complexity index is 620. The van der Waals surface area contributed by atoms with Gasteiger partial charge in [0.1, 0.15) is 5.82 Å². The van der Waals surface area contributed by atoms with E-state index in [2.05, 4.69) is 20.9 Å². The van der Waals surface area contributed by atoms with Crippen molar-refractivity contribution < 1.29 is 4.79 Å². The van der Waals surface area contributed by atoms with Gasteiger partial charge in [-0.1, -0.05) is 15.9 Å². The lowest BCUT2D eigenvalue weighted by Gasteiger charge is -2.17. The van der Waals surface area contributed by atoms with E-state index in [9.17, 15) is 4.79 Å². The lowest BCUT2D eigenvalue weighted by Crippen LogP contribution is -2.24. The van der Waals surface area contributed by atoms with Gasteiger partial charge in [-0.15, -0.1) is 0 Å². The number of hydrogen-bond acceptors (Lipinski definition) is 2. The molecule has 2 heterocycles. The van der Waals surface area contributed by atoms with Crippen molar-refractivity contribution >= 4 is 27.5 Å². The molecule has 1 aromatic heterocycles. The van der Waals surface area contributed by atoms with Crippen LogP contribution in [-0.2, 0) is 4.79 Å². The minimum Gasteiger partial charge on any atom is -0.312 e. The van der Waals surface area contributed by atoms with E-state index in [-0.39, 0.29) is 5.91 Å². The Morgan fingerprint density at radius 1 is 1.30 bits per heavy atom. The van der Waals surface area contributed by atoms with E-state index in [0.717, 1.165) is 29.1 Å². The summed E-state index contributed by atoms with van der Waals surface area (Å²) in [6.45, 7) is 2.77. The van der Waals surface area contributed by atoms with Gasteiger partial charge >= 0.3 is 0 Å². The lowest BCUT2D eigenvalue weighted by molar-refractivity contribution is -0.117. The SMILES string of the molecule is Cc1nccn1-c1ccc(N2CC(CBr)CC2=O)cc1. The summed E-state index contributed by atoms with van der Waals surface area (Å²) in [6, 6.07) is 8.06. The van der Waals surface area contributed by atoms with Crippen LogP contribution in [0.15, 0.2) is 36.7 Å². The van der Waals surface area contributed by atoms with E-state index in [4.69, 9.17) is 0 Å². The average Bonchev–Trinajstić information content (AvgIpc) is 3.05. The molecule has 1 unspecified atom stereocenters. The molecule has 0 spiro atoms. The molecule has 20 heavy (non-hydrogen) atoms. The zero-order valence-corrected chi connectivity index (χ0v) is 12.9. The van der Waals surface area contributed by atoms with Crippen LogP contribution in [0.1, 0.15) is 12.2 Å². The number of aryl methyl sites for hydroxylation is 1. The minimum atomic E-state index is 0.209. The standard InChI is InChI=1S/C15H16BrN3O/c1-11-17-6-7-18(11)13-2-4-14(5-3-13)19-10-12(9-16)8-15(19)20/h2-7,12H,8-10H2,1H3. The summed E-state index contributed by atoms with van der Waals surface area (Å²) in [6.07, 6.45) is 4.35. The smallest absolute Gasteiger partial charge is 0.227 e. The molecule has 1 amide bonds. The van der Waals surface area contributed by atoms with E-state index in [1.54, 1.807) is 6.20 Å². The number of carbonyl (C=O) groups is 1. The third kappa shape index (κ3) is 2.38. The minimum absolute atomic E-state index is 0.209. The zero-order valence-electron chi connectivity index (χ0n) is 11.3. The van der Waals surface area contributed by atoms with Crippen molar-refractivity contribution in [1.29, 1.82) is 0 Å². The number of halogens is 1. The highest BCUT2D eigenvalue weighted by Gasteiger charge is 2.29. The number of imidazole rings is 1. The molecule has 1 aliphatic rings. The summed E-state index contributed by atoms with van der Waals surface area (Å²) in [5.41, 5.74) is 2.03. The highest BCUT2D eigenvalue weighted by Crippen LogP contribution is 2.27. The zero-order chi connectivity index (χ0) is 14.1. The highest BCUT2D eigenvalue weighted by atomic mass is 79.9. The molecular formula is C15H16BrN3O. The summed E-state index contributed by atoms with van der Waals surface area (Å²) < 4.78 is 2.02. The topological polar surface area (TPSA) is 38.1 Å². The molecule has 1 aliphatic heterocycles. The molecule has 4 nitrogen and oxygen atoms in total. The fraction of sp³-hybridized carbons (Fsp3) is 0.333. The van der Waals surface area contributed by atoms with Gasteiger partial charge in [-0.05, 0) is 37.1 Å². The molecule has 0 aliphatic carbocycles. The summed E-state index contributed by atoms with van der Waals surface area (Å²) in [5, 5.41) is 0.877. The van der Waals surface area contributed by atoms with Crippen molar-refractivity contribution in [3.8, 4) is 5.69 Å². The Morgan fingerprint density at radius 2 is 2.00 bits per heavy atom. The van der Waals surface area contributed by atoms with Gasteiger partial charge in [0.25, 0.3) is 0 Å². The maximum absolute atomic E-state index is 12.0. The fourth-order valence-corrected chi connectivity index (χ4v) is 3.01. The van der Waals surface area contributed by atoms with E-state index < -0.39 is 0 Å². The van der Waals surface area contributed by atoms with Crippen LogP contribution in [-0.4, -0.2) is 27.3 Å². The van der Waals surface area contributed by atoms with Crippen molar-refractivity contribution in [2.24, 2.45) is 5.92 Å². The van der Waals surface area contributed by atoms with Gasteiger partial charge in [0.15, 0.2) is 0 Å². The maximum Gasteiger partial charge on any atom is 0.227 e. The lowest BCUT2D eigenvalue weighted by atomic mass is 10.2. The molecule has 0 radical (unpaired) electrons. The fourth-order valence-electron chi connectivity index (χ4n) is 2.58. The molecule has 1 saturated heterocycles. The molecule has 104 valence electrons. The Kier molecular flexibility index (Phi) is 3.61. The summed E-state index contributed by atoms with van der Waals surface area (Å²) in [7, 11) is 0. The van der Waals surface area contributed by atoms with E-state index >= 15 is 0 Å². The third-order valence-corrected chi connectivity index (χ3v) is 4.60. The molecule has 5 heteroatoms. The first kappa shape index (κ1) is 13.4. The van der Waals surface area contributed by atoms with Crippen molar-refractivity contribution in [3.05, 3.63) is 42.5 Å². The second kappa shape index (κ2) is 5.40. The second-order valence-corrected chi connectivity index (χ2v) is 5.74. The van der Waals surface area contributed by atoms with Crippen LogP contribution in [0.25, 0.3) is 5.69 Å². The largest absolute Gasteiger partial charge is 0.312 e. The molecule has 1 fully saturated rings. The van der Waals surface area contributed by atoms with Gasteiger partial charge in [0.05, 0.1) is 0 Å². The van der Waals surface area contributed by atoms with Gasteiger partial charge in [-0.25, -0.2) is 4.98 Å². The molecule has 1 atom stereocenters. The summed E-state index contributed by atoms with van der Waals surface area (Å²) in [4.78, 5) is 18.1. The van der Waals surface area contributed by atoms with Crippen LogP contribution in [0.4, 0.5) is 5.69 Å². The first-order valence-electron chi connectivity index (χ1n) is 6.66. The van der Waals surface area contributed by atoms with E-state index in [1.165, 1.54) is 0 Å². The van der Waals surface area contributed by atoms with Crippen LogP contribution in [0.3, 0.4) is 0 Å². The Labute approximate surface area is 126 Å². The number of amides is 1. The maximum atomic E-state index is 12.0. The molecule has 0 N–H and O–H groups in total. The van der Waals surface area contributed by atoms with Gasteiger partial charge in [-0.2, -0.15) is 0 Å². The third-order valence-electron chi connectivity index (χ3n) is 3.69. The first-order chi connectivity index (χ1) is 9.69. The van der Waals surface area contributed by atoms with Gasteiger partial charge in [-0.3, -0.25) is 4.79 Å². The van der Waals surface area contributed by atoms with Gasteiger partial charge < -0.3 is 9.47 Å². The van der Waals surface area contributed by atoms with Crippen LogP contribution >= 0.6 is 15.9 Å². The van der Waals surface area contributed by atoms with Crippen LogP contribution in [0.5, 0.6) is 0 Å². The van der Waals surface area contributed by atoms with Crippen LogP contribution in [0.2, 0.25) is 0 Å². The molecule has 2 aromatic rings. The molecular weight excluding hydrogens is 318 g/mol. The number of aromatic nitrogens is 2. The average molecular weight is 334 g/mol. The van der Waals surface area contributed by atoms with Gasteiger partial charge in [0, 0.05) is 42.1 Å². The second-order valence-electron chi connectivity index (χ2n) is 5.09. The number of benzene rings is 1. The predicted octanol–water partition coefficient (Wildman–Crippen LogP) is 2.93. The number of anilines is 1. The van der Waals surface area contributed by atoms with Crippen molar-refractivity contribution in [3.63, 3.8) is 0 Å². The molecule has 1 aromatic carbocycles. The highest BCUT2D eigenvalue weighted by molar-refractivity contribution is 9.09. The monoisotopic (exact) mass is 333 g/mol. The Morgan fingerprint density at radius 3 is 2.55 bits per heavy atom. The molecule has 0 saturated carbocycles. The first-order valence-corrected chi connectivity index (χ1v) is 7.78. The number of alkyl halides is 1. The van der Waals surface area contributed by atoms with Crippen LogP contribution < -0.4 is 4.90 Å². The Balaban J connectivity index is 1.84. The number of hydrogen-bond donors (Lipinski definition) is 0. The van der Waals surface area contributed by atoms with Crippen molar-refractivity contribution in [2.75, 3.05) is 16.8 Å². The van der Waals surface area contributed by atoms with Gasteiger partial charge in [0.2, 0.25) is 5.91 Å². The van der Waals surface area contributed by atoms with E-state index in [1.807, 2.05) is 46.9 Å². The number of carbonyl (C=O) groups excluding carboxylic acids is 1. The normalized spacial score (nSPS) is 18.8. The number of rotatable bonds is 3. The van der Waals surface area contributed by atoms with Crippen molar-refractivity contribution in [1.82, 2.24) is 9.55 Å². The van der Waals surface area contributed by atoms with E-state index in [0.29, 0.717) is 12.3 Å².